The summed E-state index contributed by atoms with van der Waals surface area (Å²) in [6.07, 6.45) is -0.220. The highest BCUT2D eigenvalue weighted by Gasteiger charge is 2.33. The van der Waals surface area contributed by atoms with Crippen molar-refractivity contribution >= 4 is 16.5 Å². The van der Waals surface area contributed by atoms with Gasteiger partial charge in [0.05, 0.1) is 6.20 Å². The predicted molar refractivity (Wildman–Crippen MR) is 58.7 cm³/mol. The highest BCUT2D eigenvalue weighted by molar-refractivity contribution is 7.15. The predicted octanol–water partition coefficient (Wildman–Crippen LogP) is 3.17. The van der Waals surface area contributed by atoms with Gasteiger partial charge in [-0.1, -0.05) is 17.4 Å². The largest absolute Gasteiger partial charge is 0.427 e. The number of thiazole rings is 1. The number of hydrogen-bond donors (Lipinski definition) is 1. The molecule has 0 aliphatic rings. The molecule has 2 aromatic rings. The lowest BCUT2D eigenvalue weighted by Crippen LogP contribution is -2.00. The van der Waals surface area contributed by atoms with Gasteiger partial charge in [-0.3, -0.25) is 4.98 Å². The van der Waals surface area contributed by atoms with Gasteiger partial charge in [0.1, 0.15) is 4.88 Å². The molecule has 90 valence electrons. The maximum Gasteiger partial charge on any atom is 0.427 e. The molecule has 0 saturated heterocycles. The molecule has 0 aromatic carbocycles. The Labute approximate surface area is 99.3 Å². The Morgan fingerprint density at radius 2 is 2.12 bits per heavy atom. The van der Waals surface area contributed by atoms with Crippen molar-refractivity contribution in [1.29, 1.82) is 0 Å². The van der Waals surface area contributed by atoms with Gasteiger partial charge in [0.15, 0.2) is 5.13 Å². The minimum atomic E-state index is -4.33. The van der Waals surface area contributed by atoms with E-state index in [0.29, 0.717) is 17.9 Å². The molecule has 7 heteroatoms. The van der Waals surface area contributed by atoms with Gasteiger partial charge in [0.2, 0.25) is 0 Å². The van der Waals surface area contributed by atoms with Gasteiger partial charge in [-0.05, 0) is 11.6 Å². The average molecular weight is 259 g/mol. The molecule has 1 N–H and O–H groups in total. The summed E-state index contributed by atoms with van der Waals surface area (Å²) in [6, 6.07) is 3.60. The molecule has 3 nitrogen and oxygen atoms in total. The van der Waals surface area contributed by atoms with Gasteiger partial charge in [0, 0.05) is 18.9 Å². The van der Waals surface area contributed by atoms with E-state index in [1.807, 2.05) is 6.07 Å². The second-order valence-corrected chi connectivity index (χ2v) is 4.27. The highest BCUT2D eigenvalue weighted by atomic mass is 32.1. The molecule has 0 spiro atoms. The first-order valence-corrected chi connectivity index (χ1v) is 5.53. The Morgan fingerprint density at radius 3 is 2.71 bits per heavy atom. The fourth-order valence-electron chi connectivity index (χ4n) is 1.17. The van der Waals surface area contributed by atoms with Crippen LogP contribution < -0.4 is 5.32 Å². The minimum absolute atomic E-state index is 0.251. The first-order valence-electron chi connectivity index (χ1n) is 4.71. The molecule has 0 aliphatic heterocycles. The van der Waals surface area contributed by atoms with E-state index in [9.17, 15) is 13.2 Å². The second-order valence-electron chi connectivity index (χ2n) is 3.24. The summed E-state index contributed by atoms with van der Waals surface area (Å²) in [6.45, 7) is 0.401. The van der Waals surface area contributed by atoms with Crippen LogP contribution in [-0.2, 0) is 12.7 Å². The van der Waals surface area contributed by atoms with E-state index in [1.54, 1.807) is 18.5 Å². The zero-order valence-corrected chi connectivity index (χ0v) is 9.35. The molecule has 0 saturated carbocycles. The monoisotopic (exact) mass is 259 g/mol. The Balaban J connectivity index is 1.99. The Kier molecular flexibility index (Phi) is 3.28. The van der Waals surface area contributed by atoms with E-state index in [1.165, 1.54) is 0 Å². The van der Waals surface area contributed by atoms with Crippen molar-refractivity contribution in [2.45, 2.75) is 12.7 Å². The molecule has 0 bridgehead atoms. The normalized spacial score (nSPS) is 11.5. The Hall–Kier alpha value is -1.63. The number of alkyl halides is 3. The van der Waals surface area contributed by atoms with Crippen LogP contribution in [0.3, 0.4) is 0 Å². The number of halogens is 3. The number of pyridine rings is 1. The van der Waals surface area contributed by atoms with E-state index in [2.05, 4.69) is 15.3 Å². The Bertz CT molecular complexity index is 481. The lowest BCUT2D eigenvalue weighted by molar-refractivity contribution is -0.134. The third kappa shape index (κ3) is 3.16. The van der Waals surface area contributed by atoms with Crippen molar-refractivity contribution in [2.24, 2.45) is 0 Å². The molecule has 0 radical (unpaired) electrons. The van der Waals surface area contributed by atoms with E-state index >= 15 is 0 Å². The Morgan fingerprint density at radius 1 is 1.29 bits per heavy atom. The summed E-state index contributed by atoms with van der Waals surface area (Å²) in [5.74, 6) is 0. The first-order chi connectivity index (χ1) is 8.05. The average Bonchev–Trinajstić information content (AvgIpc) is 2.76. The van der Waals surface area contributed by atoms with Crippen molar-refractivity contribution in [3.63, 3.8) is 0 Å². The van der Waals surface area contributed by atoms with Crippen LogP contribution in [0.4, 0.5) is 18.3 Å². The lowest BCUT2D eigenvalue weighted by Gasteiger charge is -2.02. The summed E-state index contributed by atoms with van der Waals surface area (Å²) in [5, 5.41) is 3.07. The summed E-state index contributed by atoms with van der Waals surface area (Å²) < 4.78 is 36.9. The topological polar surface area (TPSA) is 37.8 Å². The third-order valence-electron chi connectivity index (χ3n) is 1.95. The van der Waals surface area contributed by atoms with Crippen molar-refractivity contribution in [2.75, 3.05) is 5.32 Å². The molecule has 2 heterocycles. The number of aromatic nitrogens is 2. The molecule has 0 aliphatic carbocycles. The van der Waals surface area contributed by atoms with Crippen molar-refractivity contribution in [3.8, 4) is 0 Å². The van der Waals surface area contributed by atoms with Gasteiger partial charge in [0.25, 0.3) is 0 Å². The van der Waals surface area contributed by atoms with Gasteiger partial charge in [-0.15, -0.1) is 0 Å². The molecule has 2 aromatic heterocycles. The maximum atomic E-state index is 12.3. The highest BCUT2D eigenvalue weighted by Crippen LogP contribution is 2.35. The van der Waals surface area contributed by atoms with Crippen LogP contribution >= 0.6 is 11.3 Å². The number of anilines is 1. The maximum absolute atomic E-state index is 12.3. The van der Waals surface area contributed by atoms with Crippen LogP contribution in [0, 0.1) is 0 Å². The molecule has 2 rings (SSSR count). The van der Waals surface area contributed by atoms with Gasteiger partial charge in [-0.25, -0.2) is 4.98 Å². The zero-order valence-electron chi connectivity index (χ0n) is 8.53. The molecule has 0 amide bonds. The lowest BCUT2D eigenvalue weighted by atomic mass is 10.3. The summed E-state index contributed by atoms with van der Waals surface area (Å²) in [7, 11) is 0. The van der Waals surface area contributed by atoms with Gasteiger partial charge in [-0.2, -0.15) is 13.2 Å². The summed E-state index contributed by atoms with van der Waals surface area (Å²) in [5.41, 5.74) is 0.885. The molecular weight excluding hydrogens is 251 g/mol. The van der Waals surface area contributed by atoms with Crippen LogP contribution in [0.5, 0.6) is 0 Å². The number of rotatable bonds is 3. The number of nitrogens with zero attached hydrogens (tertiary/aromatic N) is 2. The van der Waals surface area contributed by atoms with Crippen molar-refractivity contribution in [1.82, 2.24) is 9.97 Å². The van der Waals surface area contributed by atoms with Crippen LogP contribution in [0.15, 0.2) is 30.7 Å². The van der Waals surface area contributed by atoms with E-state index in [-0.39, 0.29) is 5.13 Å². The van der Waals surface area contributed by atoms with E-state index in [4.69, 9.17) is 0 Å². The van der Waals surface area contributed by atoms with Crippen molar-refractivity contribution in [3.05, 3.63) is 41.2 Å². The standard InChI is InChI=1S/C10H8F3N3S/c11-10(12,13)8-6-16-9(17-8)15-5-7-2-1-3-14-4-7/h1-4,6H,5H2,(H,15,16). The quantitative estimate of drug-likeness (QED) is 0.920. The fourth-order valence-corrected chi connectivity index (χ4v) is 1.85. The smallest absolute Gasteiger partial charge is 0.357 e. The van der Waals surface area contributed by atoms with Crippen LogP contribution in [0.25, 0.3) is 0 Å². The van der Waals surface area contributed by atoms with E-state index < -0.39 is 11.1 Å². The number of nitrogens with one attached hydrogen (secondary N) is 1. The summed E-state index contributed by atoms with van der Waals surface area (Å²) >= 11 is 0.591. The molecular formula is C10H8F3N3S. The fraction of sp³-hybridized carbons (Fsp3) is 0.200. The summed E-state index contributed by atoms with van der Waals surface area (Å²) in [4.78, 5) is 6.87. The van der Waals surface area contributed by atoms with Crippen LogP contribution in [0.1, 0.15) is 10.4 Å². The first kappa shape index (κ1) is 11.8. The van der Waals surface area contributed by atoms with Gasteiger partial charge >= 0.3 is 6.18 Å². The second kappa shape index (κ2) is 4.70. The van der Waals surface area contributed by atoms with Crippen molar-refractivity contribution < 1.29 is 13.2 Å². The molecule has 17 heavy (non-hydrogen) atoms. The SMILES string of the molecule is FC(F)(F)c1cnc(NCc2cccnc2)s1. The number of hydrogen-bond acceptors (Lipinski definition) is 4. The minimum Gasteiger partial charge on any atom is -0.357 e. The molecule has 0 unspecified atom stereocenters. The van der Waals surface area contributed by atoms with Crippen LogP contribution in [0.2, 0.25) is 0 Å². The molecule has 0 fully saturated rings. The zero-order chi connectivity index (χ0) is 12.3. The molecule has 0 atom stereocenters. The third-order valence-corrected chi connectivity index (χ3v) is 2.95. The van der Waals surface area contributed by atoms with Crippen LogP contribution in [-0.4, -0.2) is 9.97 Å². The van der Waals surface area contributed by atoms with Gasteiger partial charge < -0.3 is 5.32 Å². The van der Waals surface area contributed by atoms with E-state index in [0.717, 1.165) is 11.8 Å².